The summed E-state index contributed by atoms with van der Waals surface area (Å²) in [5.74, 6) is 0.476. The third-order valence-electron chi connectivity index (χ3n) is 5.80. The second-order valence-corrected chi connectivity index (χ2v) is 10.9. The summed E-state index contributed by atoms with van der Waals surface area (Å²) in [7, 11) is 0. The molecular formula is C25H30ClN3O4S. The molecule has 0 radical (unpaired) electrons. The van der Waals surface area contributed by atoms with Gasteiger partial charge in [0.05, 0.1) is 28.4 Å². The number of thiophene rings is 1. The summed E-state index contributed by atoms with van der Waals surface area (Å²) >= 11 is 7.66. The molecule has 0 spiro atoms. The number of aromatic nitrogens is 1. The zero-order valence-electron chi connectivity index (χ0n) is 19.7. The number of piperidine rings is 1. The highest BCUT2D eigenvalue weighted by atomic mass is 35.5. The van der Waals surface area contributed by atoms with E-state index in [0.29, 0.717) is 52.5 Å². The van der Waals surface area contributed by atoms with Crippen LogP contribution in [0.15, 0.2) is 34.4 Å². The molecule has 3 heterocycles. The number of rotatable bonds is 5. The number of aromatic amines is 1. The van der Waals surface area contributed by atoms with E-state index in [0.717, 1.165) is 24.1 Å². The summed E-state index contributed by atoms with van der Waals surface area (Å²) in [6, 6.07) is 7.17. The van der Waals surface area contributed by atoms with Gasteiger partial charge in [0.2, 0.25) is 0 Å². The quantitative estimate of drug-likeness (QED) is 0.413. The van der Waals surface area contributed by atoms with Crippen LogP contribution in [0.1, 0.15) is 46.5 Å². The number of carbonyl (C=O) groups is 1. The average molecular weight is 504 g/mol. The number of hydrogen-bond donors (Lipinski definition) is 2. The molecule has 4 rings (SSSR count). The molecule has 1 aromatic carbocycles. The number of halogens is 1. The zero-order chi connectivity index (χ0) is 24.5. The van der Waals surface area contributed by atoms with Crippen LogP contribution in [0.3, 0.4) is 0 Å². The molecule has 1 aliphatic rings. The van der Waals surface area contributed by atoms with Gasteiger partial charge in [0.1, 0.15) is 11.4 Å². The number of likely N-dealkylation sites (tertiary alicyclic amines) is 1. The van der Waals surface area contributed by atoms with E-state index in [-0.39, 0.29) is 17.7 Å². The standard InChI is InChI=1S/C25H30ClN3O4S/c1-25(2,3)33-24(31)29-10-5-4-7-15(29)9-11-32-22-16-13-18(27)17(26)14-19(16)28-23(30)21(22)20-8-6-12-34-20/h6,8,12-15H,4-5,7,9-11,27H2,1-3H3,(H,28,30). The first-order chi connectivity index (χ1) is 16.1. The number of nitrogens with one attached hydrogen (secondary N) is 1. The highest BCUT2D eigenvalue weighted by Gasteiger charge is 2.30. The molecule has 0 aliphatic carbocycles. The molecule has 1 unspecified atom stereocenters. The second kappa shape index (κ2) is 9.88. The molecule has 2 aromatic heterocycles. The molecule has 3 aromatic rings. The summed E-state index contributed by atoms with van der Waals surface area (Å²) < 4.78 is 11.9. The predicted octanol–water partition coefficient (Wildman–Crippen LogP) is 6.05. The van der Waals surface area contributed by atoms with Crippen molar-refractivity contribution in [3.63, 3.8) is 0 Å². The summed E-state index contributed by atoms with van der Waals surface area (Å²) in [5.41, 5.74) is 6.72. The highest BCUT2D eigenvalue weighted by molar-refractivity contribution is 7.13. The van der Waals surface area contributed by atoms with Gasteiger partial charge in [-0.15, -0.1) is 11.3 Å². The van der Waals surface area contributed by atoms with Gasteiger partial charge >= 0.3 is 6.09 Å². The van der Waals surface area contributed by atoms with Crippen LogP contribution < -0.4 is 16.0 Å². The van der Waals surface area contributed by atoms with E-state index in [1.165, 1.54) is 11.3 Å². The Morgan fingerprint density at radius 1 is 1.32 bits per heavy atom. The maximum atomic E-state index is 13.0. The van der Waals surface area contributed by atoms with Crippen molar-refractivity contribution in [1.29, 1.82) is 0 Å². The summed E-state index contributed by atoms with van der Waals surface area (Å²) in [5, 5.41) is 2.98. The highest BCUT2D eigenvalue weighted by Crippen LogP contribution is 2.38. The first-order valence-electron chi connectivity index (χ1n) is 11.5. The van der Waals surface area contributed by atoms with Crippen molar-refractivity contribution in [1.82, 2.24) is 9.88 Å². The van der Waals surface area contributed by atoms with Gasteiger partial charge in [-0.05, 0) is 63.6 Å². The van der Waals surface area contributed by atoms with Gasteiger partial charge in [-0.3, -0.25) is 4.79 Å². The molecule has 0 saturated carbocycles. The van der Waals surface area contributed by atoms with E-state index >= 15 is 0 Å². The predicted molar refractivity (Wildman–Crippen MR) is 138 cm³/mol. The van der Waals surface area contributed by atoms with Crippen molar-refractivity contribution < 1.29 is 14.3 Å². The number of amides is 1. The lowest BCUT2D eigenvalue weighted by Crippen LogP contribution is -2.46. The summed E-state index contributed by atoms with van der Waals surface area (Å²) in [4.78, 5) is 31.3. The monoisotopic (exact) mass is 503 g/mol. The summed E-state index contributed by atoms with van der Waals surface area (Å²) in [6.45, 7) is 6.62. The minimum atomic E-state index is -0.545. The molecule has 1 amide bonds. The minimum Gasteiger partial charge on any atom is -0.492 e. The van der Waals surface area contributed by atoms with Crippen molar-refractivity contribution in [3.05, 3.63) is 45.0 Å². The number of nitrogens with two attached hydrogens (primary N) is 1. The van der Waals surface area contributed by atoms with Gasteiger partial charge in [0.15, 0.2) is 0 Å². The van der Waals surface area contributed by atoms with Crippen LogP contribution in [0.2, 0.25) is 5.02 Å². The Bertz CT molecular complexity index is 1230. The fourth-order valence-electron chi connectivity index (χ4n) is 4.26. The molecular weight excluding hydrogens is 474 g/mol. The van der Waals surface area contributed by atoms with Crippen LogP contribution in [0.4, 0.5) is 10.5 Å². The smallest absolute Gasteiger partial charge is 0.410 e. The molecule has 3 N–H and O–H groups in total. The Morgan fingerprint density at radius 3 is 2.82 bits per heavy atom. The van der Waals surface area contributed by atoms with Crippen molar-refractivity contribution in [2.45, 2.75) is 58.1 Å². The fraction of sp³-hybridized carbons (Fsp3) is 0.440. The van der Waals surface area contributed by atoms with Crippen LogP contribution in [-0.4, -0.2) is 40.8 Å². The molecule has 182 valence electrons. The molecule has 7 nitrogen and oxygen atoms in total. The lowest BCUT2D eigenvalue weighted by molar-refractivity contribution is 0.00746. The van der Waals surface area contributed by atoms with Gasteiger partial charge in [-0.1, -0.05) is 17.7 Å². The van der Waals surface area contributed by atoms with Crippen molar-refractivity contribution in [2.75, 3.05) is 18.9 Å². The zero-order valence-corrected chi connectivity index (χ0v) is 21.2. The van der Waals surface area contributed by atoms with Gasteiger partial charge < -0.3 is 25.1 Å². The number of pyridine rings is 1. The number of carbonyl (C=O) groups excluding carboxylic acids is 1. The van der Waals surface area contributed by atoms with Crippen molar-refractivity contribution in [2.24, 2.45) is 0 Å². The van der Waals surface area contributed by atoms with E-state index in [2.05, 4.69) is 4.98 Å². The van der Waals surface area contributed by atoms with Crippen LogP contribution in [0.5, 0.6) is 5.75 Å². The maximum absolute atomic E-state index is 13.0. The van der Waals surface area contributed by atoms with E-state index in [9.17, 15) is 9.59 Å². The Balaban J connectivity index is 1.61. The minimum absolute atomic E-state index is 0.0153. The Hall–Kier alpha value is -2.71. The molecule has 9 heteroatoms. The second-order valence-electron chi connectivity index (χ2n) is 9.52. The molecule has 1 fully saturated rings. The lowest BCUT2D eigenvalue weighted by atomic mass is 10.00. The molecule has 34 heavy (non-hydrogen) atoms. The van der Waals surface area contributed by atoms with Gasteiger partial charge in [-0.2, -0.15) is 0 Å². The SMILES string of the molecule is CC(C)(C)OC(=O)N1CCCCC1CCOc1c(-c2cccs2)c(=O)[nH]c2cc(Cl)c(N)cc12. The van der Waals surface area contributed by atoms with Gasteiger partial charge in [-0.25, -0.2) is 4.79 Å². The number of fused-ring (bicyclic) bond motifs is 1. The molecule has 0 bridgehead atoms. The number of nitrogens with zero attached hydrogens (tertiary/aromatic N) is 1. The number of hydrogen-bond acceptors (Lipinski definition) is 6. The number of ether oxygens (including phenoxy) is 2. The third kappa shape index (κ3) is 5.33. The molecule has 1 aliphatic heterocycles. The first kappa shape index (κ1) is 24.4. The first-order valence-corrected chi connectivity index (χ1v) is 12.7. The van der Waals surface area contributed by atoms with Gasteiger partial charge in [0.25, 0.3) is 5.56 Å². The molecule has 1 atom stereocenters. The van der Waals surface area contributed by atoms with Gasteiger partial charge in [0, 0.05) is 29.3 Å². The number of nitrogen functional groups attached to an aromatic ring is 1. The molecule has 1 saturated heterocycles. The van der Waals surface area contributed by atoms with Crippen LogP contribution in [0.25, 0.3) is 21.3 Å². The fourth-order valence-corrected chi connectivity index (χ4v) is 5.18. The van der Waals surface area contributed by atoms with E-state index in [1.807, 2.05) is 43.2 Å². The van der Waals surface area contributed by atoms with Crippen molar-refractivity contribution >= 4 is 45.6 Å². The number of H-pyrrole nitrogens is 1. The third-order valence-corrected chi connectivity index (χ3v) is 7.02. The van der Waals surface area contributed by atoms with E-state index in [4.69, 9.17) is 26.8 Å². The van der Waals surface area contributed by atoms with Crippen LogP contribution in [0, 0.1) is 0 Å². The topological polar surface area (TPSA) is 97.6 Å². The van der Waals surface area contributed by atoms with E-state index < -0.39 is 5.60 Å². The maximum Gasteiger partial charge on any atom is 0.410 e. The normalized spacial score (nSPS) is 16.6. The van der Waals surface area contributed by atoms with E-state index in [1.54, 1.807) is 12.1 Å². The summed E-state index contributed by atoms with van der Waals surface area (Å²) in [6.07, 6.45) is 3.23. The largest absolute Gasteiger partial charge is 0.492 e. The number of anilines is 1. The van der Waals surface area contributed by atoms with Crippen LogP contribution >= 0.6 is 22.9 Å². The Kier molecular flexibility index (Phi) is 7.09. The van der Waals surface area contributed by atoms with Crippen LogP contribution in [-0.2, 0) is 4.74 Å². The number of benzene rings is 1. The average Bonchev–Trinajstić information content (AvgIpc) is 3.28. The van der Waals surface area contributed by atoms with Crippen molar-refractivity contribution in [3.8, 4) is 16.2 Å². The Labute approximate surface area is 207 Å². The lowest BCUT2D eigenvalue weighted by Gasteiger charge is -2.36. The Morgan fingerprint density at radius 2 is 2.12 bits per heavy atom.